The molecule has 0 radical (unpaired) electrons. The summed E-state index contributed by atoms with van der Waals surface area (Å²) in [5.41, 5.74) is 0.659. The van der Waals surface area contributed by atoms with E-state index in [1.165, 1.54) is 12.3 Å². The average Bonchev–Trinajstić information content (AvgIpc) is 2.17. The third kappa shape index (κ3) is 1.31. The van der Waals surface area contributed by atoms with Gasteiger partial charge in [-0.15, -0.1) is 0 Å². The van der Waals surface area contributed by atoms with Crippen molar-refractivity contribution in [2.24, 2.45) is 0 Å². The summed E-state index contributed by atoms with van der Waals surface area (Å²) in [5.74, 6) is 0. The summed E-state index contributed by atoms with van der Waals surface area (Å²) in [4.78, 5) is 17.7. The van der Waals surface area contributed by atoms with Crippen molar-refractivity contribution in [3.63, 3.8) is 0 Å². The van der Waals surface area contributed by atoms with Crippen LogP contribution in [0.1, 0.15) is 0 Å². The van der Waals surface area contributed by atoms with Gasteiger partial charge in [-0.25, -0.2) is 4.98 Å². The van der Waals surface area contributed by atoms with Crippen molar-refractivity contribution in [1.29, 1.82) is 0 Å². The van der Waals surface area contributed by atoms with Crippen LogP contribution in [0, 0.1) is 10.1 Å². The predicted octanol–water partition coefficient (Wildman–Crippen LogP) is 1.54. The molecular weight excluding hydrogens is 170 g/mol. The Morgan fingerprint density at radius 2 is 2.23 bits per heavy atom. The summed E-state index contributed by atoms with van der Waals surface area (Å²) in [7, 11) is 0. The molecule has 0 atom stereocenters. The third-order valence-corrected chi connectivity index (χ3v) is 1.68. The number of fused-ring (bicyclic) bond motifs is 1. The molecule has 0 saturated carbocycles. The second kappa shape index (κ2) is 2.78. The van der Waals surface area contributed by atoms with Gasteiger partial charge >= 0.3 is 0 Å². The minimum absolute atomic E-state index is 0.00120. The van der Waals surface area contributed by atoms with Crippen LogP contribution in [0.2, 0.25) is 0 Å². The molecule has 0 bridgehead atoms. The monoisotopic (exact) mass is 175 g/mol. The highest BCUT2D eigenvalue weighted by atomic mass is 16.6. The Hall–Kier alpha value is -2.04. The fraction of sp³-hybridized carbons (Fsp3) is 0. The van der Waals surface area contributed by atoms with Crippen LogP contribution in [0.4, 0.5) is 5.69 Å². The van der Waals surface area contributed by atoms with Gasteiger partial charge in [0.05, 0.1) is 16.6 Å². The molecule has 2 aromatic heterocycles. The minimum atomic E-state index is -0.465. The first-order valence-electron chi connectivity index (χ1n) is 3.61. The second-order valence-corrected chi connectivity index (χ2v) is 2.52. The van der Waals surface area contributed by atoms with Crippen molar-refractivity contribution in [1.82, 2.24) is 9.97 Å². The molecule has 0 aliphatic heterocycles. The lowest BCUT2D eigenvalue weighted by molar-refractivity contribution is -0.385. The van der Waals surface area contributed by atoms with Crippen LogP contribution in [0.5, 0.6) is 0 Å². The number of hydrogen-bond acceptors (Lipinski definition) is 4. The molecule has 5 nitrogen and oxygen atoms in total. The van der Waals surface area contributed by atoms with Gasteiger partial charge in [-0.2, -0.15) is 0 Å². The van der Waals surface area contributed by atoms with Crippen molar-refractivity contribution in [2.75, 3.05) is 0 Å². The molecule has 0 amide bonds. The van der Waals surface area contributed by atoms with Crippen molar-refractivity contribution >= 4 is 16.6 Å². The van der Waals surface area contributed by atoms with E-state index in [9.17, 15) is 10.1 Å². The van der Waals surface area contributed by atoms with Crippen molar-refractivity contribution < 1.29 is 4.92 Å². The SMILES string of the molecule is O=[N+]([O-])c1cnc2cnccc2c1. The van der Waals surface area contributed by atoms with Gasteiger partial charge < -0.3 is 0 Å². The van der Waals surface area contributed by atoms with Gasteiger partial charge in [0.2, 0.25) is 0 Å². The molecule has 0 spiro atoms. The normalized spacial score (nSPS) is 10.2. The zero-order valence-electron chi connectivity index (χ0n) is 6.54. The summed E-state index contributed by atoms with van der Waals surface area (Å²) in [6.45, 7) is 0. The van der Waals surface area contributed by atoms with E-state index in [-0.39, 0.29) is 5.69 Å². The first kappa shape index (κ1) is 7.60. The van der Waals surface area contributed by atoms with Crippen LogP contribution in [0.25, 0.3) is 10.9 Å². The first-order chi connectivity index (χ1) is 6.27. The second-order valence-electron chi connectivity index (χ2n) is 2.52. The zero-order valence-corrected chi connectivity index (χ0v) is 6.54. The molecule has 0 fully saturated rings. The van der Waals surface area contributed by atoms with Crippen molar-refractivity contribution in [3.8, 4) is 0 Å². The molecule has 0 aromatic carbocycles. The van der Waals surface area contributed by atoms with Crippen LogP contribution in [-0.2, 0) is 0 Å². The molecule has 0 aliphatic rings. The Balaban J connectivity index is 2.69. The Labute approximate surface area is 73.2 Å². The standard InChI is InChI=1S/C8H5N3O2/c12-11(13)7-3-6-1-2-9-5-8(6)10-4-7/h1-5H. The van der Waals surface area contributed by atoms with E-state index < -0.39 is 4.92 Å². The summed E-state index contributed by atoms with van der Waals surface area (Å²) >= 11 is 0. The molecule has 2 aromatic rings. The summed E-state index contributed by atoms with van der Waals surface area (Å²) in [6.07, 6.45) is 4.37. The van der Waals surface area contributed by atoms with E-state index >= 15 is 0 Å². The highest BCUT2D eigenvalue weighted by molar-refractivity contribution is 5.79. The molecular formula is C8H5N3O2. The molecule has 0 aliphatic carbocycles. The Bertz CT molecular complexity index is 470. The first-order valence-corrected chi connectivity index (χ1v) is 3.61. The van der Waals surface area contributed by atoms with Crippen molar-refractivity contribution in [2.45, 2.75) is 0 Å². The van der Waals surface area contributed by atoms with Gasteiger partial charge in [0.1, 0.15) is 6.20 Å². The fourth-order valence-electron chi connectivity index (χ4n) is 1.06. The van der Waals surface area contributed by atoms with Gasteiger partial charge in [-0.3, -0.25) is 15.1 Å². The lowest BCUT2D eigenvalue weighted by atomic mass is 10.2. The maximum atomic E-state index is 10.4. The van der Waals surface area contributed by atoms with Gasteiger partial charge in [0.15, 0.2) is 0 Å². The highest BCUT2D eigenvalue weighted by Crippen LogP contribution is 2.16. The van der Waals surface area contributed by atoms with Gasteiger partial charge in [0, 0.05) is 17.6 Å². The van der Waals surface area contributed by atoms with E-state index in [2.05, 4.69) is 9.97 Å². The van der Waals surface area contributed by atoms with Gasteiger partial charge in [-0.05, 0) is 6.07 Å². The maximum Gasteiger partial charge on any atom is 0.288 e. The molecule has 0 N–H and O–H groups in total. The lowest BCUT2D eigenvalue weighted by Crippen LogP contribution is -1.89. The lowest BCUT2D eigenvalue weighted by Gasteiger charge is -1.94. The van der Waals surface area contributed by atoms with Gasteiger partial charge in [0.25, 0.3) is 5.69 Å². The summed E-state index contributed by atoms with van der Waals surface area (Å²) < 4.78 is 0. The molecule has 2 rings (SSSR count). The average molecular weight is 175 g/mol. The molecule has 0 unspecified atom stereocenters. The highest BCUT2D eigenvalue weighted by Gasteiger charge is 2.05. The number of hydrogen-bond donors (Lipinski definition) is 0. The minimum Gasteiger partial charge on any atom is -0.262 e. The van der Waals surface area contributed by atoms with E-state index in [0.717, 1.165) is 5.39 Å². The fourth-order valence-corrected chi connectivity index (χ4v) is 1.06. The van der Waals surface area contributed by atoms with Crippen LogP contribution in [-0.4, -0.2) is 14.9 Å². The smallest absolute Gasteiger partial charge is 0.262 e. The van der Waals surface area contributed by atoms with Gasteiger partial charge in [-0.1, -0.05) is 0 Å². The number of nitro groups is 1. The van der Waals surface area contributed by atoms with E-state index in [0.29, 0.717) is 5.52 Å². The number of aromatic nitrogens is 2. The quantitative estimate of drug-likeness (QED) is 0.487. The molecule has 5 heteroatoms. The van der Waals surface area contributed by atoms with Crippen LogP contribution in [0.15, 0.2) is 30.7 Å². The maximum absolute atomic E-state index is 10.4. The van der Waals surface area contributed by atoms with E-state index in [4.69, 9.17) is 0 Å². The molecule has 13 heavy (non-hydrogen) atoms. The Morgan fingerprint density at radius 1 is 1.38 bits per heavy atom. The van der Waals surface area contributed by atoms with Crippen LogP contribution in [0.3, 0.4) is 0 Å². The molecule has 2 heterocycles. The summed E-state index contributed by atoms with van der Waals surface area (Å²) in [5, 5.41) is 11.1. The Morgan fingerprint density at radius 3 is 3.00 bits per heavy atom. The van der Waals surface area contributed by atoms with E-state index in [1.807, 2.05) is 0 Å². The predicted molar refractivity (Wildman–Crippen MR) is 46.2 cm³/mol. The summed E-state index contributed by atoms with van der Waals surface area (Å²) in [6, 6.07) is 3.17. The molecule has 64 valence electrons. The van der Waals surface area contributed by atoms with Crippen LogP contribution >= 0.6 is 0 Å². The number of nitrogens with zero attached hydrogens (tertiary/aromatic N) is 3. The molecule has 0 saturated heterocycles. The van der Waals surface area contributed by atoms with Crippen LogP contribution < -0.4 is 0 Å². The third-order valence-electron chi connectivity index (χ3n) is 1.68. The zero-order chi connectivity index (χ0) is 9.26. The van der Waals surface area contributed by atoms with E-state index in [1.54, 1.807) is 18.5 Å². The topological polar surface area (TPSA) is 68.9 Å². The number of pyridine rings is 2. The largest absolute Gasteiger partial charge is 0.288 e. The number of rotatable bonds is 1. The Kier molecular flexibility index (Phi) is 1.63. The van der Waals surface area contributed by atoms with Crippen molar-refractivity contribution in [3.05, 3.63) is 40.8 Å².